The molecular weight excluding hydrogens is 300 g/mol. The smallest absolute Gasteiger partial charge is 0.254 e. The van der Waals surface area contributed by atoms with E-state index in [9.17, 15) is 4.79 Å². The lowest BCUT2D eigenvalue weighted by Crippen LogP contribution is -2.23. The van der Waals surface area contributed by atoms with Crippen LogP contribution in [0.25, 0.3) is 0 Å². The Kier molecular flexibility index (Phi) is 3.91. The van der Waals surface area contributed by atoms with Crippen LogP contribution in [-0.2, 0) is 6.54 Å². The van der Waals surface area contributed by atoms with Crippen LogP contribution in [-0.4, -0.2) is 10.9 Å². The number of pyridine rings is 1. The fraction of sp³-hybridized carbons (Fsp3) is 0.167. The van der Waals surface area contributed by atoms with Crippen LogP contribution in [0, 0.1) is 6.92 Å². The van der Waals surface area contributed by atoms with Crippen LogP contribution in [0.15, 0.2) is 34.4 Å². The Hall–Kier alpha value is -1.20. The minimum atomic E-state index is -0.113. The van der Waals surface area contributed by atoms with Crippen molar-refractivity contribution >= 4 is 33.2 Å². The Balaban J connectivity index is 2.04. The second kappa shape index (κ2) is 5.42. The maximum absolute atomic E-state index is 11.9. The molecule has 0 spiro atoms. The molecule has 17 heavy (non-hydrogen) atoms. The van der Waals surface area contributed by atoms with Crippen LogP contribution in [0.1, 0.15) is 20.8 Å². The van der Waals surface area contributed by atoms with Gasteiger partial charge in [-0.05, 0) is 52.0 Å². The molecule has 0 saturated heterocycles. The average molecular weight is 311 g/mol. The van der Waals surface area contributed by atoms with Gasteiger partial charge in [-0.1, -0.05) is 0 Å². The number of aromatic nitrogens is 1. The molecule has 0 atom stereocenters. The van der Waals surface area contributed by atoms with Crippen molar-refractivity contribution in [3.05, 3.63) is 50.4 Å². The van der Waals surface area contributed by atoms with Crippen molar-refractivity contribution in [1.29, 1.82) is 0 Å². The van der Waals surface area contributed by atoms with Crippen molar-refractivity contribution in [2.75, 3.05) is 0 Å². The predicted octanol–water partition coefficient (Wildman–Crippen LogP) is 3.14. The molecule has 2 rings (SSSR count). The summed E-state index contributed by atoms with van der Waals surface area (Å²) in [6.45, 7) is 2.60. The fourth-order valence-electron chi connectivity index (χ4n) is 1.40. The first-order valence-corrected chi connectivity index (χ1v) is 6.77. The van der Waals surface area contributed by atoms with Gasteiger partial charge in [0, 0.05) is 11.1 Å². The number of halogens is 1. The van der Waals surface area contributed by atoms with Crippen LogP contribution in [0.5, 0.6) is 0 Å². The first-order chi connectivity index (χ1) is 8.18. The molecule has 0 aliphatic carbocycles. The minimum Gasteiger partial charge on any atom is -0.347 e. The largest absolute Gasteiger partial charge is 0.347 e. The van der Waals surface area contributed by atoms with Gasteiger partial charge in [0.25, 0.3) is 5.91 Å². The third kappa shape index (κ3) is 2.92. The monoisotopic (exact) mass is 310 g/mol. The molecule has 0 aliphatic heterocycles. The summed E-state index contributed by atoms with van der Waals surface area (Å²) in [7, 11) is 0. The van der Waals surface area contributed by atoms with E-state index in [1.807, 2.05) is 18.4 Å². The van der Waals surface area contributed by atoms with E-state index in [0.29, 0.717) is 16.7 Å². The summed E-state index contributed by atoms with van der Waals surface area (Å²) in [6, 6.07) is 5.54. The molecule has 1 amide bonds. The van der Waals surface area contributed by atoms with Crippen molar-refractivity contribution in [1.82, 2.24) is 10.3 Å². The fourth-order valence-corrected chi connectivity index (χ4v) is 2.67. The Morgan fingerprint density at radius 3 is 3.00 bits per heavy atom. The number of carbonyl (C=O) groups is 1. The van der Waals surface area contributed by atoms with E-state index in [0.717, 1.165) is 0 Å². The van der Waals surface area contributed by atoms with Crippen LogP contribution >= 0.6 is 27.3 Å². The zero-order chi connectivity index (χ0) is 12.3. The molecule has 0 aliphatic rings. The van der Waals surface area contributed by atoms with E-state index in [1.54, 1.807) is 29.7 Å². The van der Waals surface area contributed by atoms with Crippen molar-refractivity contribution < 1.29 is 4.79 Å². The molecule has 2 aromatic heterocycles. The molecule has 0 radical (unpaired) electrons. The molecule has 0 unspecified atom stereocenters. The number of nitrogens with one attached hydrogen (secondary N) is 1. The zero-order valence-electron chi connectivity index (χ0n) is 9.24. The topological polar surface area (TPSA) is 42.0 Å². The maximum atomic E-state index is 11.9. The lowest BCUT2D eigenvalue weighted by molar-refractivity contribution is 0.0950. The molecule has 0 saturated carbocycles. The molecule has 3 nitrogen and oxygen atoms in total. The van der Waals surface area contributed by atoms with E-state index in [-0.39, 0.29) is 5.91 Å². The maximum Gasteiger partial charge on any atom is 0.254 e. The lowest BCUT2D eigenvalue weighted by Gasteiger charge is -2.05. The Bertz CT molecular complexity index is 539. The highest BCUT2D eigenvalue weighted by molar-refractivity contribution is 9.10. The number of hydrogen-bond acceptors (Lipinski definition) is 3. The number of carbonyl (C=O) groups excluding carboxylic acids is 1. The van der Waals surface area contributed by atoms with Gasteiger partial charge in [-0.2, -0.15) is 0 Å². The first-order valence-electron chi connectivity index (χ1n) is 5.10. The number of aryl methyl sites for hydroxylation is 1. The van der Waals surface area contributed by atoms with Crippen molar-refractivity contribution in [2.24, 2.45) is 0 Å². The van der Waals surface area contributed by atoms with Gasteiger partial charge < -0.3 is 5.32 Å². The third-order valence-corrected chi connectivity index (χ3v) is 4.04. The van der Waals surface area contributed by atoms with Gasteiger partial charge in [0.05, 0.1) is 12.1 Å². The van der Waals surface area contributed by atoms with Gasteiger partial charge in [0.15, 0.2) is 0 Å². The molecule has 0 aromatic carbocycles. The van der Waals surface area contributed by atoms with E-state index in [4.69, 9.17) is 0 Å². The normalized spacial score (nSPS) is 10.2. The molecule has 0 bridgehead atoms. The highest BCUT2D eigenvalue weighted by Crippen LogP contribution is 2.16. The highest BCUT2D eigenvalue weighted by atomic mass is 79.9. The second-order valence-electron chi connectivity index (χ2n) is 3.55. The van der Waals surface area contributed by atoms with E-state index >= 15 is 0 Å². The number of hydrogen-bond donors (Lipinski definition) is 1. The predicted molar refractivity (Wildman–Crippen MR) is 72.2 cm³/mol. The van der Waals surface area contributed by atoms with Gasteiger partial charge in [0.2, 0.25) is 0 Å². The third-order valence-electron chi connectivity index (χ3n) is 2.38. The van der Waals surface area contributed by atoms with E-state index in [1.165, 1.54) is 10.4 Å². The number of thiophene rings is 1. The van der Waals surface area contributed by atoms with Crippen LogP contribution in [0.3, 0.4) is 0 Å². The number of nitrogens with zero attached hydrogens (tertiary/aromatic N) is 1. The Morgan fingerprint density at radius 2 is 2.35 bits per heavy atom. The summed E-state index contributed by atoms with van der Waals surface area (Å²) in [5.74, 6) is -0.113. The second-order valence-corrected chi connectivity index (χ2v) is 5.30. The molecule has 0 fully saturated rings. The molecule has 5 heteroatoms. The summed E-state index contributed by atoms with van der Waals surface area (Å²) < 4.78 is 0.570. The summed E-state index contributed by atoms with van der Waals surface area (Å²) >= 11 is 4.91. The van der Waals surface area contributed by atoms with Gasteiger partial charge in [-0.25, -0.2) is 4.98 Å². The Labute approximate surface area is 112 Å². The van der Waals surface area contributed by atoms with E-state index < -0.39 is 0 Å². The van der Waals surface area contributed by atoms with Crippen molar-refractivity contribution in [3.8, 4) is 0 Å². The quantitative estimate of drug-likeness (QED) is 0.885. The van der Waals surface area contributed by atoms with Crippen LogP contribution < -0.4 is 5.32 Å². The van der Waals surface area contributed by atoms with Gasteiger partial charge in [0.1, 0.15) is 4.60 Å². The highest BCUT2D eigenvalue weighted by Gasteiger charge is 2.10. The van der Waals surface area contributed by atoms with Crippen LogP contribution in [0.4, 0.5) is 0 Å². The summed E-state index contributed by atoms with van der Waals surface area (Å²) in [5, 5.41) is 4.91. The SMILES string of the molecule is Cc1ccsc1CNC(=O)c1cccnc1Br. The minimum absolute atomic E-state index is 0.113. The van der Waals surface area contributed by atoms with Crippen molar-refractivity contribution in [3.63, 3.8) is 0 Å². The summed E-state index contributed by atoms with van der Waals surface area (Å²) in [4.78, 5) is 17.1. The molecule has 2 heterocycles. The zero-order valence-corrected chi connectivity index (χ0v) is 11.6. The number of amides is 1. The first kappa shape index (κ1) is 12.3. The standard InChI is InChI=1S/C12H11BrN2OS/c1-8-4-6-17-10(8)7-15-12(16)9-3-2-5-14-11(9)13/h2-6H,7H2,1H3,(H,15,16). The van der Waals surface area contributed by atoms with E-state index in [2.05, 4.69) is 26.2 Å². The number of rotatable bonds is 3. The van der Waals surface area contributed by atoms with Gasteiger partial charge in [-0.15, -0.1) is 11.3 Å². The summed E-state index contributed by atoms with van der Waals surface area (Å²) in [5.41, 5.74) is 1.77. The summed E-state index contributed by atoms with van der Waals surface area (Å²) in [6.07, 6.45) is 1.64. The Morgan fingerprint density at radius 1 is 1.53 bits per heavy atom. The molecular formula is C12H11BrN2OS. The van der Waals surface area contributed by atoms with Crippen molar-refractivity contribution in [2.45, 2.75) is 13.5 Å². The van der Waals surface area contributed by atoms with Crippen LogP contribution in [0.2, 0.25) is 0 Å². The lowest BCUT2D eigenvalue weighted by atomic mass is 10.2. The van der Waals surface area contributed by atoms with Gasteiger partial charge >= 0.3 is 0 Å². The molecule has 88 valence electrons. The molecule has 1 N–H and O–H groups in total. The van der Waals surface area contributed by atoms with Gasteiger partial charge in [-0.3, -0.25) is 4.79 Å². The molecule has 2 aromatic rings. The average Bonchev–Trinajstić information content (AvgIpc) is 2.72.